The number of likely N-dealkylation sites (tertiary alicyclic amines) is 1. The molecule has 1 aliphatic heterocycles. The second kappa shape index (κ2) is 2.50. The second-order valence-corrected chi connectivity index (χ2v) is 4.13. The Balaban J connectivity index is 2.71. The minimum atomic E-state index is 0.211. The normalized spacial score (nSPS) is 29.1. The fourth-order valence-corrected chi connectivity index (χ4v) is 1.66. The number of hydrogen-bond acceptors (Lipinski definition) is 1. The van der Waals surface area contributed by atoms with Crippen LogP contribution in [0.5, 0.6) is 0 Å². The molecule has 1 unspecified atom stereocenters. The number of carbonyl (C=O) groups is 1. The van der Waals surface area contributed by atoms with E-state index in [1.54, 1.807) is 6.92 Å². The summed E-state index contributed by atoms with van der Waals surface area (Å²) in [6.45, 7) is 9.16. The summed E-state index contributed by atoms with van der Waals surface area (Å²) in [5, 5.41) is 0. The molecule has 1 saturated heterocycles. The Morgan fingerprint density at radius 1 is 1.55 bits per heavy atom. The molecular formula is C9H17NO. The van der Waals surface area contributed by atoms with Gasteiger partial charge in [0.25, 0.3) is 0 Å². The standard InChI is InChI=1S/C9H17NO/c1-7-9(3,4)5-6-10(7)8(2)11/h7H,5-6H2,1-4H3. The smallest absolute Gasteiger partial charge is 0.219 e. The van der Waals surface area contributed by atoms with E-state index in [9.17, 15) is 4.79 Å². The molecule has 0 aromatic carbocycles. The first-order valence-electron chi connectivity index (χ1n) is 4.22. The van der Waals surface area contributed by atoms with Crippen molar-refractivity contribution in [1.29, 1.82) is 0 Å². The lowest BCUT2D eigenvalue weighted by molar-refractivity contribution is -0.130. The molecule has 2 heteroatoms. The number of amides is 1. The van der Waals surface area contributed by atoms with Gasteiger partial charge in [-0.1, -0.05) is 13.8 Å². The maximum absolute atomic E-state index is 11.1. The molecule has 11 heavy (non-hydrogen) atoms. The van der Waals surface area contributed by atoms with E-state index in [0.717, 1.165) is 13.0 Å². The Bertz CT molecular complexity index is 174. The van der Waals surface area contributed by atoms with Gasteiger partial charge in [0, 0.05) is 19.5 Å². The highest BCUT2D eigenvalue weighted by molar-refractivity contribution is 5.74. The summed E-state index contributed by atoms with van der Waals surface area (Å²) >= 11 is 0. The molecule has 1 aliphatic rings. The van der Waals surface area contributed by atoms with Crippen LogP contribution in [0.3, 0.4) is 0 Å². The fraction of sp³-hybridized carbons (Fsp3) is 0.889. The summed E-state index contributed by atoms with van der Waals surface area (Å²) in [5.74, 6) is 0.211. The van der Waals surface area contributed by atoms with E-state index in [4.69, 9.17) is 0 Å². The maximum atomic E-state index is 11.1. The molecule has 1 atom stereocenters. The zero-order chi connectivity index (χ0) is 8.65. The number of hydrogen-bond donors (Lipinski definition) is 0. The number of rotatable bonds is 0. The molecule has 64 valence electrons. The van der Waals surface area contributed by atoms with Crippen LogP contribution in [-0.4, -0.2) is 23.4 Å². The molecule has 0 saturated carbocycles. The molecule has 0 N–H and O–H groups in total. The van der Waals surface area contributed by atoms with Crippen molar-refractivity contribution in [3.05, 3.63) is 0 Å². The Morgan fingerprint density at radius 3 is 2.27 bits per heavy atom. The third-order valence-corrected chi connectivity index (χ3v) is 3.00. The van der Waals surface area contributed by atoms with E-state index in [0.29, 0.717) is 11.5 Å². The molecule has 0 aromatic heterocycles. The highest BCUT2D eigenvalue weighted by Gasteiger charge is 2.38. The predicted molar refractivity (Wildman–Crippen MR) is 45.2 cm³/mol. The van der Waals surface area contributed by atoms with E-state index in [2.05, 4.69) is 20.8 Å². The molecule has 2 nitrogen and oxygen atoms in total. The highest BCUT2D eigenvalue weighted by atomic mass is 16.2. The van der Waals surface area contributed by atoms with Crippen molar-refractivity contribution in [2.24, 2.45) is 5.41 Å². The van der Waals surface area contributed by atoms with Crippen LogP contribution >= 0.6 is 0 Å². The quantitative estimate of drug-likeness (QED) is 0.521. The van der Waals surface area contributed by atoms with Crippen molar-refractivity contribution in [3.8, 4) is 0 Å². The van der Waals surface area contributed by atoms with Crippen LogP contribution in [0.25, 0.3) is 0 Å². The van der Waals surface area contributed by atoms with Crippen LogP contribution in [0.2, 0.25) is 0 Å². The zero-order valence-corrected chi connectivity index (χ0v) is 7.85. The SMILES string of the molecule is CC(=O)N1CCC(C)(C)C1C. The first-order valence-corrected chi connectivity index (χ1v) is 4.22. The molecule has 0 aliphatic carbocycles. The molecule has 0 aromatic rings. The molecule has 1 amide bonds. The Hall–Kier alpha value is -0.530. The van der Waals surface area contributed by atoms with E-state index < -0.39 is 0 Å². The predicted octanol–water partition coefficient (Wildman–Crippen LogP) is 1.65. The van der Waals surface area contributed by atoms with Gasteiger partial charge in [0.2, 0.25) is 5.91 Å². The first kappa shape index (κ1) is 8.57. The first-order chi connectivity index (χ1) is 4.95. The zero-order valence-electron chi connectivity index (χ0n) is 7.85. The van der Waals surface area contributed by atoms with Gasteiger partial charge in [0.05, 0.1) is 0 Å². The van der Waals surface area contributed by atoms with Crippen molar-refractivity contribution in [2.75, 3.05) is 6.54 Å². The average molecular weight is 155 g/mol. The van der Waals surface area contributed by atoms with Gasteiger partial charge in [-0.3, -0.25) is 4.79 Å². The van der Waals surface area contributed by atoms with Gasteiger partial charge in [0.15, 0.2) is 0 Å². The topological polar surface area (TPSA) is 20.3 Å². The van der Waals surface area contributed by atoms with Gasteiger partial charge in [-0.05, 0) is 18.8 Å². The Kier molecular flexibility index (Phi) is 1.95. The van der Waals surface area contributed by atoms with Crippen molar-refractivity contribution >= 4 is 5.91 Å². The third kappa shape index (κ3) is 1.39. The summed E-state index contributed by atoms with van der Waals surface area (Å²) < 4.78 is 0. The van der Waals surface area contributed by atoms with Crippen molar-refractivity contribution in [3.63, 3.8) is 0 Å². The summed E-state index contributed by atoms with van der Waals surface area (Å²) in [7, 11) is 0. The van der Waals surface area contributed by atoms with Crippen LogP contribution in [0, 0.1) is 5.41 Å². The monoisotopic (exact) mass is 155 g/mol. The second-order valence-electron chi connectivity index (χ2n) is 4.13. The van der Waals surface area contributed by atoms with Gasteiger partial charge < -0.3 is 4.90 Å². The third-order valence-electron chi connectivity index (χ3n) is 3.00. The number of carbonyl (C=O) groups excluding carboxylic acids is 1. The molecule has 0 spiro atoms. The largest absolute Gasteiger partial charge is 0.340 e. The molecule has 1 heterocycles. The lowest BCUT2D eigenvalue weighted by atomic mass is 9.86. The van der Waals surface area contributed by atoms with E-state index in [-0.39, 0.29) is 5.91 Å². The summed E-state index contributed by atoms with van der Waals surface area (Å²) in [4.78, 5) is 13.0. The minimum Gasteiger partial charge on any atom is -0.340 e. The highest BCUT2D eigenvalue weighted by Crippen LogP contribution is 2.35. The lowest BCUT2D eigenvalue weighted by Crippen LogP contribution is -2.36. The minimum absolute atomic E-state index is 0.211. The molecule has 1 fully saturated rings. The van der Waals surface area contributed by atoms with Crippen LogP contribution in [0.15, 0.2) is 0 Å². The summed E-state index contributed by atoms with van der Waals surface area (Å²) in [5.41, 5.74) is 0.311. The maximum Gasteiger partial charge on any atom is 0.219 e. The van der Waals surface area contributed by atoms with Crippen molar-refractivity contribution in [2.45, 2.75) is 40.2 Å². The van der Waals surface area contributed by atoms with E-state index in [1.807, 2.05) is 4.90 Å². The number of nitrogens with zero attached hydrogens (tertiary/aromatic N) is 1. The molecular weight excluding hydrogens is 138 g/mol. The van der Waals surface area contributed by atoms with E-state index in [1.165, 1.54) is 0 Å². The molecule has 0 bridgehead atoms. The van der Waals surface area contributed by atoms with Gasteiger partial charge in [-0.2, -0.15) is 0 Å². The fourth-order valence-electron chi connectivity index (χ4n) is 1.66. The van der Waals surface area contributed by atoms with Crippen molar-refractivity contribution in [1.82, 2.24) is 4.90 Å². The van der Waals surface area contributed by atoms with Crippen LogP contribution < -0.4 is 0 Å². The van der Waals surface area contributed by atoms with Gasteiger partial charge in [-0.25, -0.2) is 0 Å². The van der Waals surface area contributed by atoms with E-state index >= 15 is 0 Å². The van der Waals surface area contributed by atoms with Crippen LogP contribution in [0.4, 0.5) is 0 Å². The van der Waals surface area contributed by atoms with Crippen molar-refractivity contribution < 1.29 is 4.79 Å². The van der Waals surface area contributed by atoms with Gasteiger partial charge in [-0.15, -0.1) is 0 Å². The Morgan fingerprint density at radius 2 is 2.09 bits per heavy atom. The lowest BCUT2D eigenvalue weighted by Gasteiger charge is -2.28. The van der Waals surface area contributed by atoms with Crippen LogP contribution in [-0.2, 0) is 4.79 Å². The molecule has 1 rings (SSSR count). The average Bonchev–Trinajstić information content (AvgIpc) is 2.09. The van der Waals surface area contributed by atoms with Gasteiger partial charge in [0.1, 0.15) is 0 Å². The summed E-state index contributed by atoms with van der Waals surface area (Å²) in [6.07, 6.45) is 1.13. The molecule has 0 radical (unpaired) electrons. The van der Waals surface area contributed by atoms with Crippen LogP contribution in [0.1, 0.15) is 34.1 Å². The Labute approximate surface area is 68.6 Å². The summed E-state index contributed by atoms with van der Waals surface area (Å²) in [6, 6.07) is 0.403. The van der Waals surface area contributed by atoms with Gasteiger partial charge >= 0.3 is 0 Å².